The number of carbonyl (C=O) groups excluding carboxylic acids is 1. The molecule has 1 amide bonds. The van der Waals surface area contributed by atoms with Gasteiger partial charge in [0.2, 0.25) is 11.9 Å². The summed E-state index contributed by atoms with van der Waals surface area (Å²) in [5.41, 5.74) is 5.36. The Labute approximate surface area is 224 Å². The number of nitrogens with zero attached hydrogens (tertiary/aromatic N) is 4. The van der Waals surface area contributed by atoms with Crippen LogP contribution in [0.2, 0.25) is 0 Å². The molecule has 1 fully saturated rings. The van der Waals surface area contributed by atoms with Crippen LogP contribution in [-0.4, -0.2) is 56.1 Å². The van der Waals surface area contributed by atoms with Crippen molar-refractivity contribution in [3.8, 4) is 17.0 Å². The number of carbonyl (C=O) groups is 1. The molecule has 1 aliphatic rings. The van der Waals surface area contributed by atoms with Crippen LogP contribution in [0.1, 0.15) is 18.4 Å². The molecule has 0 saturated carbocycles. The van der Waals surface area contributed by atoms with Gasteiger partial charge in [0.25, 0.3) is 0 Å². The molecule has 2 aromatic heterocycles. The Balaban J connectivity index is 1.32. The summed E-state index contributed by atoms with van der Waals surface area (Å²) >= 11 is 2.31. The molecule has 0 unspecified atom stereocenters. The van der Waals surface area contributed by atoms with Gasteiger partial charge in [-0.05, 0) is 86.9 Å². The van der Waals surface area contributed by atoms with E-state index in [1.54, 1.807) is 0 Å². The van der Waals surface area contributed by atoms with Crippen LogP contribution < -0.4 is 15.4 Å². The monoisotopic (exact) mass is 596 g/mol. The van der Waals surface area contributed by atoms with E-state index in [0.717, 1.165) is 57.1 Å². The zero-order valence-corrected chi connectivity index (χ0v) is 22.4. The van der Waals surface area contributed by atoms with Crippen LogP contribution in [0.25, 0.3) is 16.9 Å². The van der Waals surface area contributed by atoms with Gasteiger partial charge in [-0.15, -0.1) is 5.10 Å². The number of hydrogen-bond acceptors (Lipinski definition) is 6. The van der Waals surface area contributed by atoms with Crippen molar-refractivity contribution in [3.05, 3.63) is 66.2 Å². The molecule has 3 heterocycles. The van der Waals surface area contributed by atoms with Crippen molar-refractivity contribution in [2.24, 2.45) is 0 Å². The number of amides is 1. The minimum Gasteiger partial charge on any atom is -0.493 e. The molecule has 8 nitrogen and oxygen atoms in total. The van der Waals surface area contributed by atoms with E-state index in [-0.39, 0.29) is 5.91 Å². The fraction of sp³-hybridized carbons (Fsp3) is 0.296. The first-order valence-electron chi connectivity index (χ1n) is 12.1. The van der Waals surface area contributed by atoms with E-state index in [0.29, 0.717) is 19.1 Å². The lowest BCUT2D eigenvalue weighted by atomic mass is 10.1. The lowest BCUT2D eigenvalue weighted by Crippen LogP contribution is -2.30. The number of rotatable bonds is 9. The van der Waals surface area contributed by atoms with Crippen LogP contribution >= 0.6 is 22.6 Å². The van der Waals surface area contributed by atoms with Gasteiger partial charge in [0.15, 0.2) is 5.65 Å². The Morgan fingerprint density at radius 3 is 2.67 bits per heavy atom. The Bertz CT molecular complexity index is 1370. The number of ether oxygens (including phenoxy) is 1. The Hall–Kier alpha value is -3.18. The summed E-state index contributed by atoms with van der Waals surface area (Å²) in [6.07, 6.45) is 2.33. The van der Waals surface area contributed by atoms with Crippen molar-refractivity contribution in [1.29, 1.82) is 0 Å². The number of halogens is 1. The molecule has 0 spiro atoms. The Morgan fingerprint density at radius 1 is 1.06 bits per heavy atom. The molecule has 9 heteroatoms. The zero-order valence-electron chi connectivity index (χ0n) is 20.2. The van der Waals surface area contributed by atoms with Gasteiger partial charge in [0.05, 0.1) is 18.8 Å². The third-order valence-electron chi connectivity index (χ3n) is 6.13. The molecule has 1 saturated heterocycles. The standard InChI is InChI=1S/C27H29IN6O2/c1-19-16-20(10-11-24(19)36-15-12-28)23-8-5-9-25-31-27(32-34(23)25)30-22-7-4-6-21(17-22)29-26(35)18-33-13-2-3-14-33/h4-11,16-17H,2-3,12-15,18H2,1H3,(H,29,35)(H,30,32). The van der Waals surface area contributed by atoms with E-state index in [1.807, 2.05) is 59.1 Å². The highest BCUT2D eigenvalue weighted by molar-refractivity contribution is 14.1. The summed E-state index contributed by atoms with van der Waals surface area (Å²) in [7, 11) is 0. The lowest BCUT2D eigenvalue weighted by Gasteiger charge is -2.14. The molecule has 5 rings (SSSR count). The summed E-state index contributed by atoms with van der Waals surface area (Å²) in [6.45, 7) is 5.16. The fourth-order valence-electron chi connectivity index (χ4n) is 4.44. The maximum atomic E-state index is 12.4. The highest BCUT2D eigenvalue weighted by Gasteiger charge is 2.15. The predicted molar refractivity (Wildman–Crippen MR) is 152 cm³/mol. The smallest absolute Gasteiger partial charge is 0.247 e. The number of fused-ring (bicyclic) bond motifs is 1. The highest BCUT2D eigenvalue weighted by atomic mass is 127. The average Bonchev–Trinajstić information content (AvgIpc) is 3.52. The number of nitrogens with one attached hydrogen (secondary N) is 2. The molecule has 0 atom stereocenters. The van der Waals surface area contributed by atoms with E-state index in [2.05, 4.69) is 56.1 Å². The maximum absolute atomic E-state index is 12.4. The van der Waals surface area contributed by atoms with Crippen molar-refractivity contribution in [2.75, 3.05) is 41.3 Å². The van der Waals surface area contributed by atoms with E-state index >= 15 is 0 Å². The minimum absolute atomic E-state index is 0.00514. The third kappa shape index (κ3) is 5.79. The topological polar surface area (TPSA) is 83.8 Å². The molecule has 2 aromatic carbocycles. The van der Waals surface area contributed by atoms with Crippen LogP contribution in [0.3, 0.4) is 0 Å². The van der Waals surface area contributed by atoms with E-state index in [9.17, 15) is 4.79 Å². The summed E-state index contributed by atoms with van der Waals surface area (Å²) < 4.78 is 8.60. The second-order valence-electron chi connectivity index (χ2n) is 8.87. The normalized spacial score (nSPS) is 13.7. The van der Waals surface area contributed by atoms with E-state index in [1.165, 1.54) is 12.8 Å². The number of hydrogen-bond donors (Lipinski definition) is 2. The van der Waals surface area contributed by atoms with E-state index < -0.39 is 0 Å². The summed E-state index contributed by atoms with van der Waals surface area (Å²) in [6, 6.07) is 19.7. The van der Waals surface area contributed by atoms with Gasteiger partial charge in [0.1, 0.15) is 5.75 Å². The maximum Gasteiger partial charge on any atom is 0.247 e. The average molecular weight is 596 g/mol. The largest absolute Gasteiger partial charge is 0.493 e. The summed E-state index contributed by atoms with van der Waals surface area (Å²) in [5, 5.41) is 11.0. The fourth-order valence-corrected chi connectivity index (χ4v) is 4.66. The van der Waals surface area contributed by atoms with Gasteiger partial charge in [-0.3, -0.25) is 9.69 Å². The summed E-state index contributed by atoms with van der Waals surface area (Å²) in [5.74, 6) is 1.39. The molecular weight excluding hydrogens is 567 g/mol. The third-order valence-corrected chi connectivity index (χ3v) is 6.57. The Kier molecular flexibility index (Phi) is 7.66. The number of likely N-dealkylation sites (tertiary alicyclic amines) is 1. The van der Waals surface area contributed by atoms with Crippen molar-refractivity contribution in [1.82, 2.24) is 19.5 Å². The number of aryl methyl sites for hydroxylation is 1. The van der Waals surface area contributed by atoms with Crippen LogP contribution in [0.4, 0.5) is 17.3 Å². The molecule has 0 bridgehead atoms. The predicted octanol–water partition coefficient (Wildman–Crippen LogP) is 5.30. The van der Waals surface area contributed by atoms with Crippen LogP contribution in [0.5, 0.6) is 5.75 Å². The first kappa shape index (κ1) is 24.5. The molecule has 1 aliphatic heterocycles. The SMILES string of the molecule is Cc1cc(-c2cccc3nc(Nc4cccc(NC(=O)CN5CCCC5)c4)nn23)ccc1OCCI. The first-order chi connectivity index (χ1) is 17.6. The van der Waals surface area contributed by atoms with Crippen molar-refractivity contribution in [3.63, 3.8) is 0 Å². The second-order valence-corrected chi connectivity index (χ2v) is 9.95. The molecular formula is C27H29IN6O2. The second kappa shape index (κ2) is 11.3. The molecule has 186 valence electrons. The highest BCUT2D eigenvalue weighted by Crippen LogP contribution is 2.27. The van der Waals surface area contributed by atoms with Gasteiger partial charge >= 0.3 is 0 Å². The first-order valence-corrected chi connectivity index (χ1v) is 13.7. The van der Waals surface area contributed by atoms with Gasteiger partial charge in [0, 0.05) is 21.4 Å². The lowest BCUT2D eigenvalue weighted by molar-refractivity contribution is -0.117. The van der Waals surface area contributed by atoms with Crippen molar-refractivity contribution in [2.45, 2.75) is 19.8 Å². The zero-order chi connectivity index (χ0) is 24.9. The number of pyridine rings is 1. The van der Waals surface area contributed by atoms with Gasteiger partial charge in [-0.25, -0.2) is 4.52 Å². The Morgan fingerprint density at radius 2 is 1.86 bits per heavy atom. The van der Waals surface area contributed by atoms with Gasteiger partial charge < -0.3 is 15.4 Å². The number of aromatic nitrogens is 3. The van der Waals surface area contributed by atoms with Gasteiger partial charge in [-0.1, -0.05) is 34.7 Å². The molecule has 36 heavy (non-hydrogen) atoms. The van der Waals surface area contributed by atoms with Crippen molar-refractivity contribution >= 4 is 51.5 Å². The minimum atomic E-state index is 0.00514. The summed E-state index contributed by atoms with van der Waals surface area (Å²) in [4.78, 5) is 19.3. The number of anilines is 3. The van der Waals surface area contributed by atoms with E-state index in [4.69, 9.17) is 9.84 Å². The van der Waals surface area contributed by atoms with Crippen LogP contribution in [0, 0.1) is 6.92 Å². The molecule has 0 radical (unpaired) electrons. The van der Waals surface area contributed by atoms with Crippen molar-refractivity contribution < 1.29 is 9.53 Å². The molecule has 0 aliphatic carbocycles. The van der Waals surface area contributed by atoms with Crippen LogP contribution in [0.15, 0.2) is 60.7 Å². The van der Waals surface area contributed by atoms with Crippen LogP contribution in [-0.2, 0) is 4.79 Å². The molecule has 2 N–H and O–H groups in total. The quantitative estimate of drug-likeness (QED) is 0.202. The molecule has 4 aromatic rings. The van der Waals surface area contributed by atoms with Gasteiger partial charge in [-0.2, -0.15) is 4.98 Å². The number of alkyl halides is 1. The number of benzene rings is 2.